The highest BCUT2D eigenvalue weighted by Gasteiger charge is 2.28. The van der Waals surface area contributed by atoms with Crippen molar-refractivity contribution in [2.75, 3.05) is 29.9 Å². The molecule has 1 atom stereocenters. The molecule has 0 bridgehead atoms. The van der Waals surface area contributed by atoms with Gasteiger partial charge in [-0.3, -0.25) is 4.79 Å². The van der Waals surface area contributed by atoms with E-state index < -0.39 is 14.8 Å². The monoisotopic (exact) mass is 396 g/mol. The number of anilines is 2. The summed E-state index contributed by atoms with van der Waals surface area (Å²) >= 11 is 0. The van der Waals surface area contributed by atoms with E-state index in [1.165, 1.54) is 0 Å². The molecule has 1 fully saturated rings. The Morgan fingerprint density at radius 2 is 1.89 bits per heavy atom. The number of nitrogens with one attached hydrogen (secondary N) is 2. The number of sulfonamides is 1. The van der Waals surface area contributed by atoms with Crippen LogP contribution in [0, 0.1) is 0 Å². The molecule has 0 aromatic heterocycles. The fourth-order valence-corrected chi connectivity index (χ4v) is 3.68. The number of nitrogens with zero attached hydrogens (tertiary/aromatic N) is 1. The van der Waals surface area contributed by atoms with Gasteiger partial charge in [0, 0.05) is 43.5 Å². The second kappa shape index (κ2) is 9.03. The molecule has 27 heavy (non-hydrogen) atoms. The molecule has 0 radical (unpaired) electrons. The van der Waals surface area contributed by atoms with Crippen LogP contribution >= 0.6 is 0 Å². The maximum absolute atomic E-state index is 12.0. The van der Waals surface area contributed by atoms with Crippen LogP contribution in [0.25, 0.3) is 0 Å². The van der Waals surface area contributed by atoms with Crippen LogP contribution in [0.3, 0.4) is 0 Å². The van der Waals surface area contributed by atoms with Gasteiger partial charge >= 0.3 is 0 Å². The van der Waals surface area contributed by atoms with Crippen LogP contribution in [-0.2, 0) is 14.8 Å². The Balaban J connectivity index is 1.69. The predicted molar refractivity (Wildman–Crippen MR) is 110 cm³/mol. The van der Waals surface area contributed by atoms with Crippen LogP contribution in [-0.4, -0.2) is 44.7 Å². The Morgan fingerprint density at radius 3 is 2.44 bits per heavy atom. The fourth-order valence-electron chi connectivity index (χ4n) is 2.83. The number of hydrogen-bond donors (Lipinski definition) is 3. The molecule has 1 aromatic rings. The van der Waals surface area contributed by atoms with Crippen molar-refractivity contribution >= 4 is 27.3 Å². The van der Waals surface area contributed by atoms with Crippen LogP contribution in [0.4, 0.5) is 11.4 Å². The largest absolute Gasteiger partial charge is 0.370 e. The van der Waals surface area contributed by atoms with E-state index in [0.29, 0.717) is 25.8 Å². The Hall–Kier alpha value is -1.64. The standard InChI is InChI=1S/C19H32N4O3S/c1-19(2,3)27(25,26)21-12-5-4-6-18(24)22-16-7-9-17(10-8-16)23-13-11-15(20)14-23/h7-10,15,21H,4-6,11-14,20H2,1-3H3,(H,22,24). The normalized spacial score (nSPS) is 17.9. The van der Waals surface area contributed by atoms with Gasteiger partial charge in [0.15, 0.2) is 0 Å². The minimum atomic E-state index is -3.32. The summed E-state index contributed by atoms with van der Waals surface area (Å²) in [5.41, 5.74) is 7.82. The van der Waals surface area contributed by atoms with Gasteiger partial charge in [0.05, 0.1) is 4.75 Å². The van der Waals surface area contributed by atoms with E-state index in [9.17, 15) is 13.2 Å². The molecule has 1 amide bonds. The van der Waals surface area contributed by atoms with Crippen molar-refractivity contribution < 1.29 is 13.2 Å². The average Bonchev–Trinajstić information content (AvgIpc) is 3.00. The number of unbranched alkanes of at least 4 members (excludes halogenated alkanes) is 1. The van der Waals surface area contributed by atoms with E-state index in [1.807, 2.05) is 24.3 Å². The van der Waals surface area contributed by atoms with Gasteiger partial charge in [-0.1, -0.05) is 0 Å². The maximum atomic E-state index is 12.0. The zero-order chi connectivity index (χ0) is 20.1. The van der Waals surface area contributed by atoms with Crippen molar-refractivity contribution in [3.05, 3.63) is 24.3 Å². The first-order chi connectivity index (χ1) is 12.6. The summed E-state index contributed by atoms with van der Waals surface area (Å²) in [6.45, 7) is 7.15. The second-order valence-corrected chi connectivity index (χ2v) is 10.6. The molecule has 1 aromatic carbocycles. The minimum absolute atomic E-state index is 0.0652. The smallest absolute Gasteiger partial charge is 0.224 e. The first-order valence-corrected chi connectivity index (χ1v) is 11.0. The van der Waals surface area contributed by atoms with Crippen molar-refractivity contribution in [2.45, 2.75) is 57.2 Å². The summed E-state index contributed by atoms with van der Waals surface area (Å²) in [7, 11) is -3.32. The topological polar surface area (TPSA) is 105 Å². The summed E-state index contributed by atoms with van der Waals surface area (Å²) in [5, 5.41) is 2.88. The SMILES string of the molecule is CC(C)(C)S(=O)(=O)NCCCCC(=O)Nc1ccc(N2CCC(N)C2)cc1. The van der Waals surface area contributed by atoms with Gasteiger partial charge in [-0.05, 0) is 64.3 Å². The molecule has 4 N–H and O–H groups in total. The van der Waals surface area contributed by atoms with Crippen LogP contribution in [0.15, 0.2) is 24.3 Å². The molecule has 2 rings (SSSR count). The highest BCUT2D eigenvalue weighted by molar-refractivity contribution is 7.90. The van der Waals surface area contributed by atoms with Crippen molar-refractivity contribution in [3.63, 3.8) is 0 Å². The third-order valence-corrected chi connectivity index (χ3v) is 6.87. The Labute approximate surface area is 162 Å². The van der Waals surface area contributed by atoms with Gasteiger partial charge in [0.2, 0.25) is 15.9 Å². The molecule has 1 aliphatic heterocycles. The highest BCUT2D eigenvalue weighted by Crippen LogP contribution is 2.22. The lowest BCUT2D eigenvalue weighted by Crippen LogP contribution is -2.39. The summed E-state index contributed by atoms with van der Waals surface area (Å²) in [5.74, 6) is -0.0652. The maximum Gasteiger partial charge on any atom is 0.224 e. The third kappa shape index (κ3) is 6.48. The molecule has 1 unspecified atom stereocenters. The van der Waals surface area contributed by atoms with Crippen molar-refractivity contribution in [1.82, 2.24) is 4.72 Å². The van der Waals surface area contributed by atoms with Crippen LogP contribution in [0.2, 0.25) is 0 Å². The van der Waals surface area contributed by atoms with Crippen molar-refractivity contribution in [2.24, 2.45) is 5.73 Å². The van der Waals surface area contributed by atoms with E-state index in [0.717, 1.165) is 30.9 Å². The number of rotatable bonds is 8. The minimum Gasteiger partial charge on any atom is -0.370 e. The molecule has 0 spiro atoms. The zero-order valence-corrected chi connectivity index (χ0v) is 17.3. The molecule has 8 heteroatoms. The molecule has 7 nitrogen and oxygen atoms in total. The summed E-state index contributed by atoms with van der Waals surface area (Å²) in [6.07, 6.45) is 2.61. The molecule has 0 aliphatic carbocycles. The quantitative estimate of drug-likeness (QED) is 0.583. The first-order valence-electron chi connectivity index (χ1n) is 9.48. The lowest BCUT2D eigenvalue weighted by molar-refractivity contribution is -0.116. The lowest BCUT2D eigenvalue weighted by atomic mass is 10.2. The van der Waals surface area contributed by atoms with E-state index in [2.05, 4.69) is 14.9 Å². The van der Waals surface area contributed by atoms with Gasteiger partial charge in [-0.2, -0.15) is 0 Å². The molecule has 1 saturated heterocycles. The summed E-state index contributed by atoms with van der Waals surface area (Å²) < 4.78 is 25.6. The third-order valence-electron chi connectivity index (χ3n) is 4.67. The second-order valence-electron chi connectivity index (χ2n) is 8.06. The van der Waals surface area contributed by atoms with Gasteiger partial charge in [-0.15, -0.1) is 0 Å². The number of hydrogen-bond acceptors (Lipinski definition) is 5. The van der Waals surface area contributed by atoms with E-state index in [-0.39, 0.29) is 11.9 Å². The Morgan fingerprint density at radius 1 is 1.22 bits per heavy atom. The number of carbonyl (C=O) groups excluding carboxylic acids is 1. The number of carbonyl (C=O) groups is 1. The number of benzene rings is 1. The molecule has 0 saturated carbocycles. The molecule has 1 heterocycles. The van der Waals surface area contributed by atoms with Crippen LogP contribution in [0.1, 0.15) is 46.5 Å². The van der Waals surface area contributed by atoms with Crippen LogP contribution in [0.5, 0.6) is 0 Å². The van der Waals surface area contributed by atoms with E-state index in [4.69, 9.17) is 5.73 Å². The molecular weight excluding hydrogens is 364 g/mol. The van der Waals surface area contributed by atoms with Crippen molar-refractivity contribution in [3.8, 4) is 0 Å². The highest BCUT2D eigenvalue weighted by atomic mass is 32.2. The Bertz CT molecular complexity index is 726. The molecule has 152 valence electrons. The van der Waals surface area contributed by atoms with E-state index >= 15 is 0 Å². The first kappa shape index (κ1) is 21.7. The molecule has 1 aliphatic rings. The average molecular weight is 397 g/mol. The lowest BCUT2D eigenvalue weighted by Gasteiger charge is -2.19. The molecular formula is C19H32N4O3S. The van der Waals surface area contributed by atoms with Gasteiger partial charge < -0.3 is 16.0 Å². The summed E-state index contributed by atoms with van der Waals surface area (Å²) in [4.78, 5) is 14.3. The van der Waals surface area contributed by atoms with Gasteiger partial charge in [0.1, 0.15) is 0 Å². The number of amides is 1. The van der Waals surface area contributed by atoms with E-state index in [1.54, 1.807) is 20.8 Å². The Kier molecular flexibility index (Phi) is 7.25. The van der Waals surface area contributed by atoms with Crippen LogP contribution < -0.4 is 20.7 Å². The fraction of sp³-hybridized carbons (Fsp3) is 0.632. The van der Waals surface area contributed by atoms with Gasteiger partial charge in [-0.25, -0.2) is 13.1 Å². The predicted octanol–water partition coefficient (Wildman–Crippen LogP) is 2.05. The zero-order valence-electron chi connectivity index (χ0n) is 16.5. The summed E-state index contributed by atoms with van der Waals surface area (Å²) in [6, 6.07) is 8.02. The van der Waals surface area contributed by atoms with Gasteiger partial charge in [0.25, 0.3) is 0 Å². The van der Waals surface area contributed by atoms with Crippen molar-refractivity contribution in [1.29, 1.82) is 0 Å². The number of nitrogens with two attached hydrogens (primary N) is 1.